The molecule has 3 aliphatic heterocycles. The molecule has 2 N–H and O–H groups in total. The van der Waals surface area contributed by atoms with E-state index in [1.54, 1.807) is 29.8 Å². The molecule has 4 unspecified atom stereocenters. The number of ether oxygens (including phenoxy) is 5. The Bertz CT molecular complexity index is 1680. The van der Waals surface area contributed by atoms with Gasteiger partial charge in [0, 0.05) is 44.4 Å². The van der Waals surface area contributed by atoms with E-state index in [1.165, 1.54) is 6.92 Å². The molecule has 13 atom stereocenters. The number of ketones is 1. The number of aryl methyl sites for hydroxylation is 1. The first kappa shape index (κ1) is 45.5. The zero-order chi connectivity index (χ0) is 42.5. The summed E-state index contributed by atoms with van der Waals surface area (Å²) in [5.74, 6) is -3.15. The molecule has 2 aromatic rings. The zero-order valence-corrected chi connectivity index (χ0v) is 36.3. The molecule has 1 amide bonds. The highest BCUT2D eigenvalue weighted by molar-refractivity contribution is 6.00. The number of aliphatic hydroxyl groups excluding tert-OH is 1. The third kappa shape index (κ3) is 9.90. The minimum Gasteiger partial charge on any atom is -0.458 e. The number of nitrogens with zero attached hydrogens (tertiary/aromatic N) is 6. The van der Waals surface area contributed by atoms with Gasteiger partial charge < -0.3 is 39.0 Å². The standard InChI is InChI=1S/C42H67N7O9/c1-12-33-42(8)36(49(40(53)58-42)20-16-15-19-48-24-31(45-46-48)30-17-13-14-18-43-30)29(6)44-23-25(2)22-41(7,54-11)37(27(4)34(50)28(5)38(52)56-33)57-39-35(51)32(47(9)10)21-26(3)55-39/h13-14,17-18,24-29,32-33,35-37,39,44,51H,12,15-16,19-23H2,1-11H3/t25-,26?,27-,28?,29-,32?,33-,35?,36-,37-,39+,41-,42-/m1/s1. The van der Waals surface area contributed by atoms with E-state index in [2.05, 4.69) is 27.5 Å². The van der Waals surface area contributed by atoms with Crippen molar-refractivity contribution in [3.63, 3.8) is 0 Å². The van der Waals surface area contributed by atoms with Gasteiger partial charge in [-0.25, -0.2) is 4.79 Å². The lowest BCUT2D eigenvalue weighted by molar-refractivity contribution is -0.295. The molecule has 0 radical (unpaired) electrons. The average molecular weight is 814 g/mol. The maximum atomic E-state index is 14.4. The molecule has 0 saturated carbocycles. The Kier molecular flexibility index (Phi) is 15.1. The first-order valence-electron chi connectivity index (χ1n) is 20.9. The van der Waals surface area contributed by atoms with Crippen molar-refractivity contribution in [2.24, 2.45) is 17.8 Å². The van der Waals surface area contributed by atoms with Crippen LogP contribution >= 0.6 is 0 Å². The van der Waals surface area contributed by atoms with Gasteiger partial charge in [-0.1, -0.05) is 32.1 Å². The number of cyclic esters (lactones) is 1. The van der Waals surface area contributed by atoms with Crippen LogP contribution in [0.15, 0.2) is 30.6 Å². The molecule has 3 fully saturated rings. The Morgan fingerprint density at radius 1 is 1.05 bits per heavy atom. The fourth-order valence-corrected chi connectivity index (χ4v) is 9.25. The number of fused-ring (bicyclic) bond motifs is 1. The molecule has 5 rings (SSSR count). The lowest BCUT2D eigenvalue weighted by Crippen LogP contribution is -2.61. The third-order valence-corrected chi connectivity index (χ3v) is 12.6. The fraction of sp³-hybridized carbons (Fsp3) is 0.762. The van der Waals surface area contributed by atoms with Crippen molar-refractivity contribution in [1.82, 2.24) is 35.1 Å². The number of Topliss-reactive ketones (excluding diaryl/α,β-unsaturated/α-hetero) is 1. The number of hydrogen-bond acceptors (Lipinski definition) is 14. The van der Waals surface area contributed by atoms with Gasteiger partial charge in [-0.3, -0.25) is 24.2 Å². The summed E-state index contributed by atoms with van der Waals surface area (Å²) < 4.78 is 33.3. The molecule has 0 spiro atoms. The molecule has 0 aromatic carbocycles. The smallest absolute Gasteiger partial charge is 0.410 e. The van der Waals surface area contributed by atoms with E-state index in [9.17, 15) is 19.5 Å². The largest absolute Gasteiger partial charge is 0.458 e. The van der Waals surface area contributed by atoms with Crippen molar-refractivity contribution in [2.45, 2.75) is 154 Å². The molecule has 16 nitrogen and oxygen atoms in total. The number of rotatable bonds is 11. The van der Waals surface area contributed by atoms with Gasteiger partial charge in [-0.15, -0.1) is 5.10 Å². The first-order chi connectivity index (χ1) is 27.4. The number of hydrogen-bond donors (Lipinski definition) is 2. The van der Waals surface area contributed by atoms with Crippen LogP contribution in [0.25, 0.3) is 11.4 Å². The summed E-state index contributed by atoms with van der Waals surface area (Å²) in [4.78, 5) is 50.2. The van der Waals surface area contributed by atoms with Crippen molar-refractivity contribution in [2.75, 3.05) is 34.3 Å². The second kappa shape index (κ2) is 19.2. The fourth-order valence-electron chi connectivity index (χ4n) is 9.25. The average Bonchev–Trinajstić information content (AvgIpc) is 3.77. The van der Waals surface area contributed by atoms with Crippen LogP contribution in [0.1, 0.15) is 87.5 Å². The van der Waals surface area contributed by atoms with E-state index < -0.39 is 71.5 Å². The SMILES string of the molecule is CC[C@H]1OC(=O)C(C)C(=O)[C@@H](C)[C@@H](O[C@@H]2OC(C)CC(N(C)C)C2O)[C@](C)(OC)C[C@@H](C)CN[C@H](C)[C@H]2N(CCCCn3cc(-c4ccccn4)nn3)C(=O)O[C@]12C. The van der Waals surface area contributed by atoms with Gasteiger partial charge in [0.15, 0.2) is 17.7 Å². The Morgan fingerprint density at radius 2 is 1.78 bits per heavy atom. The predicted octanol–water partition coefficient (Wildman–Crippen LogP) is 4.10. The number of unbranched alkanes of at least 4 members (excludes halogenated alkanes) is 1. The maximum Gasteiger partial charge on any atom is 0.410 e. The topological polar surface area (TPSA) is 180 Å². The number of likely N-dealkylation sites (N-methyl/N-ethyl adjacent to an activating group) is 1. The second-order valence-corrected chi connectivity index (χ2v) is 17.4. The maximum absolute atomic E-state index is 14.4. The summed E-state index contributed by atoms with van der Waals surface area (Å²) >= 11 is 0. The number of methoxy groups -OCH3 is 1. The van der Waals surface area contributed by atoms with E-state index in [0.29, 0.717) is 51.0 Å². The van der Waals surface area contributed by atoms with E-state index >= 15 is 0 Å². The highest BCUT2D eigenvalue weighted by atomic mass is 16.7. The zero-order valence-electron chi connectivity index (χ0n) is 36.3. The van der Waals surface area contributed by atoms with Crippen LogP contribution in [0.4, 0.5) is 4.79 Å². The summed E-state index contributed by atoms with van der Waals surface area (Å²) in [6, 6.07) is 4.61. The monoisotopic (exact) mass is 814 g/mol. The van der Waals surface area contributed by atoms with Crippen LogP contribution in [0.2, 0.25) is 0 Å². The van der Waals surface area contributed by atoms with Crippen LogP contribution in [0.3, 0.4) is 0 Å². The number of carbonyl (C=O) groups excluding carboxylic acids is 3. The molecular weight excluding hydrogens is 747 g/mol. The molecule has 3 saturated heterocycles. The van der Waals surface area contributed by atoms with Crippen molar-refractivity contribution in [3.8, 4) is 11.4 Å². The van der Waals surface area contributed by atoms with Crippen molar-refractivity contribution in [1.29, 1.82) is 0 Å². The van der Waals surface area contributed by atoms with Gasteiger partial charge in [0.05, 0.1) is 35.7 Å². The van der Waals surface area contributed by atoms with Crippen LogP contribution in [0, 0.1) is 17.8 Å². The Morgan fingerprint density at radius 3 is 2.43 bits per heavy atom. The summed E-state index contributed by atoms with van der Waals surface area (Å²) in [6.07, 6.45) is 1.92. The third-order valence-electron chi connectivity index (χ3n) is 12.6. The lowest BCUT2D eigenvalue weighted by atomic mass is 9.78. The molecule has 2 aromatic heterocycles. The van der Waals surface area contributed by atoms with Crippen LogP contribution < -0.4 is 5.32 Å². The summed E-state index contributed by atoms with van der Waals surface area (Å²) in [5, 5.41) is 23.6. The molecule has 324 valence electrons. The van der Waals surface area contributed by atoms with E-state index in [0.717, 1.165) is 12.1 Å². The van der Waals surface area contributed by atoms with E-state index in [1.807, 2.05) is 78.0 Å². The second-order valence-electron chi connectivity index (χ2n) is 17.4. The molecule has 0 aliphatic carbocycles. The molecule has 16 heteroatoms. The highest BCUT2D eigenvalue weighted by Crippen LogP contribution is 2.40. The highest BCUT2D eigenvalue weighted by Gasteiger charge is 2.58. The van der Waals surface area contributed by atoms with Gasteiger partial charge in [-0.2, -0.15) is 0 Å². The normalized spacial score (nSPS) is 36.9. The number of esters is 1. The minimum absolute atomic E-state index is 0.00904. The molecular formula is C42H67N7O9. The van der Waals surface area contributed by atoms with Crippen molar-refractivity contribution in [3.05, 3.63) is 30.6 Å². The van der Waals surface area contributed by atoms with E-state index in [4.69, 9.17) is 23.7 Å². The van der Waals surface area contributed by atoms with E-state index in [-0.39, 0.29) is 24.1 Å². The van der Waals surface area contributed by atoms with Gasteiger partial charge in [0.1, 0.15) is 23.8 Å². The van der Waals surface area contributed by atoms with Crippen molar-refractivity contribution < 1.29 is 43.2 Å². The van der Waals surface area contributed by atoms with Gasteiger partial charge in [0.2, 0.25) is 0 Å². The number of pyridine rings is 1. The molecule has 0 bridgehead atoms. The van der Waals surface area contributed by atoms with Gasteiger partial charge >= 0.3 is 12.1 Å². The summed E-state index contributed by atoms with van der Waals surface area (Å²) in [7, 11) is 5.39. The number of aromatic nitrogens is 4. The quantitative estimate of drug-likeness (QED) is 0.188. The lowest BCUT2D eigenvalue weighted by Gasteiger charge is -2.46. The summed E-state index contributed by atoms with van der Waals surface area (Å²) in [6.45, 7) is 16.4. The Labute approximate surface area is 343 Å². The van der Waals surface area contributed by atoms with Gasteiger partial charge in [0.25, 0.3) is 0 Å². The minimum atomic E-state index is -1.23. The van der Waals surface area contributed by atoms with Crippen molar-refractivity contribution >= 4 is 17.8 Å². The van der Waals surface area contributed by atoms with Crippen LogP contribution in [0.5, 0.6) is 0 Å². The molecule has 58 heavy (non-hydrogen) atoms. The van der Waals surface area contributed by atoms with Gasteiger partial charge in [-0.05, 0) is 105 Å². The number of aliphatic hydroxyl groups is 1. The van der Waals surface area contributed by atoms with Crippen LogP contribution in [-0.4, -0.2) is 147 Å². The summed E-state index contributed by atoms with van der Waals surface area (Å²) in [5.41, 5.74) is -0.833. The number of nitrogens with one attached hydrogen (secondary N) is 1. The first-order valence-corrected chi connectivity index (χ1v) is 20.9. The van der Waals surface area contributed by atoms with Crippen LogP contribution in [-0.2, 0) is 39.8 Å². The molecule has 3 aliphatic rings. The molecule has 5 heterocycles. The Balaban J connectivity index is 1.38. The number of amides is 1. The predicted molar refractivity (Wildman–Crippen MR) is 215 cm³/mol. The Hall–Kier alpha value is -3.54. The number of carbonyl (C=O) groups is 3.